The molecular weight excluding hydrogens is 420 g/mol. The molecule has 1 atom stereocenters. The van der Waals surface area contributed by atoms with Crippen molar-refractivity contribution in [1.82, 2.24) is 8.75 Å². The highest BCUT2D eigenvalue weighted by molar-refractivity contribution is 7.94. The van der Waals surface area contributed by atoms with E-state index in [9.17, 15) is 9.59 Å². The first kappa shape index (κ1) is 20.5. The van der Waals surface area contributed by atoms with Gasteiger partial charge in [0.2, 0.25) is 11.8 Å². The van der Waals surface area contributed by atoms with Gasteiger partial charge in [-0.05, 0) is 12.1 Å². The normalized spacial score (nSPS) is 12.0. The summed E-state index contributed by atoms with van der Waals surface area (Å²) in [7, 11) is 0. The van der Waals surface area contributed by atoms with Crippen LogP contribution in [0.3, 0.4) is 0 Å². The summed E-state index contributed by atoms with van der Waals surface area (Å²) in [6.07, 6.45) is 6.73. The minimum atomic E-state index is -1.64. The number of hydrogen-bond acceptors (Lipinski definition) is 12. The quantitative estimate of drug-likeness (QED) is 0.0832. The van der Waals surface area contributed by atoms with E-state index in [2.05, 4.69) is 33.1 Å². The molecule has 0 fully saturated rings. The van der Waals surface area contributed by atoms with Crippen LogP contribution in [0.4, 0.5) is 5.69 Å². The van der Waals surface area contributed by atoms with Crippen molar-refractivity contribution in [3.8, 4) is 12.5 Å². The fraction of sp³-hybridized carbons (Fsp3) is 0.0588. The van der Waals surface area contributed by atoms with Gasteiger partial charge in [-0.1, -0.05) is 41.8 Å². The maximum absolute atomic E-state index is 12.7. The number of rotatable bonds is 8. The van der Waals surface area contributed by atoms with Crippen LogP contribution in [0.2, 0.25) is 0 Å². The third-order valence-electron chi connectivity index (χ3n) is 3.48. The van der Waals surface area contributed by atoms with Crippen molar-refractivity contribution < 1.29 is 29.0 Å². The van der Waals surface area contributed by atoms with E-state index in [1.807, 2.05) is 0 Å². The lowest BCUT2D eigenvalue weighted by molar-refractivity contribution is -0.432. The summed E-state index contributed by atoms with van der Waals surface area (Å²) < 4.78 is 17.2. The molecule has 0 aliphatic rings. The van der Waals surface area contributed by atoms with Gasteiger partial charge in [-0.3, -0.25) is 4.79 Å². The highest BCUT2D eigenvalue weighted by atomic mass is 32.2. The van der Waals surface area contributed by atoms with Crippen LogP contribution in [0.1, 0.15) is 10.4 Å². The summed E-state index contributed by atoms with van der Waals surface area (Å²) in [5, 5.41) is 19.9. The summed E-state index contributed by atoms with van der Waals surface area (Å²) in [5.41, 5.74) is 1.24. The maximum atomic E-state index is 12.7. The van der Waals surface area contributed by atoms with E-state index in [0.29, 0.717) is 28.0 Å². The number of azo groups is 1. The van der Waals surface area contributed by atoms with Crippen LogP contribution in [0.5, 0.6) is 0 Å². The van der Waals surface area contributed by atoms with E-state index in [1.165, 1.54) is 12.1 Å². The van der Waals surface area contributed by atoms with Gasteiger partial charge in [0.1, 0.15) is 22.8 Å². The predicted molar refractivity (Wildman–Crippen MR) is 102 cm³/mol. The molecule has 0 amide bonds. The van der Waals surface area contributed by atoms with Crippen molar-refractivity contribution in [3.63, 3.8) is 0 Å². The number of terminal acetylenes is 1. The van der Waals surface area contributed by atoms with Gasteiger partial charge in [-0.25, -0.2) is 10.1 Å². The zero-order chi connectivity index (χ0) is 20.6. The molecule has 0 radical (unpaired) electrons. The second kappa shape index (κ2) is 9.82. The summed E-state index contributed by atoms with van der Waals surface area (Å²) >= 11 is 1.55. The van der Waals surface area contributed by atoms with Crippen molar-refractivity contribution in [2.75, 3.05) is 0 Å². The number of nitrogens with zero attached hydrogens (tertiary/aromatic N) is 4. The Morgan fingerprint density at radius 2 is 2.00 bits per heavy atom. The lowest BCUT2D eigenvalue weighted by Gasteiger charge is -2.08. The first-order chi connectivity index (χ1) is 14.2. The topological polar surface area (TPSA) is 133 Å². The third-order valence-corrected chi connectivity index (χ3v) is 4.66. The second-order valence-corrected chi connectivity index (χ2v) is 6.43. The van der Waals surface area contributed by atoms with Crippen LogP contribution >= 0.6 is 23.8 Å². The minimum Gasteiger partial charge on any atom is -0.370 e. The van der Waals surface area contributed by atoms with Crippen LogP contribution in [0.25, 0.3) is 11.0 Å². The molecule has 12 heteroatoms. The Morgan fingerprint density at radius 3 is 2.72 bits per heavy atom. The van der Waals surface area contributed by atoms with Crippen LogP contribution in [0, 0.1) is 12.5 Å². The summed E-state index contributed by atoms with van der Waals surface area (Å²) in [6.45, 7) is 0. The molecule has 0 aliphatic carbocycles. The van der Waals surface area contributed by atoms with E-state index in [-0.39, 0.29) is 11.3 Å². The van der Waals surface area contributed by atoms with Gasteiger partial charge >= 0.3 is 5.97 Å². The zero-order valence-corrected chi connectivity index (χ0v) is 15.9. The number of esters is 1. The SMILES string of the molecule is C#COC(=O)C(N=Nc1c(SOOO)ccc2nsnc12)C(=O)c1ccccc1. The molecule has 0 bridgehead atoms. The van der Waals surface area contributed by atoms with Crippen LogP contribution < -0.4 is 0 Å². The smallest absolute Gasteiger partial charge is 0.354 e. The molecule has 146 valence electrons. The predicted octanol–water partition coefficient (Wildman–Crippen LogP) is 3.59. The Balaban J connectivity index is 2.01. The highest BCUT2D eigenvalue weighted by Gasteiger charge is 2.29. The van der Waals surface area contributed by atoms with Crippen molar-refractivity contribution in [3.05, 3.63) is 48.0 Å². The van der Waals surface area contributed by atoms with Gasteiger partial charge in [-0.2, -0.15) is 19.0 Å². The number of carbonyl (C=O) groups is 2. The Bertz CT molecular complexity index is 1100. The standard InChI is InChI=1S/C17H10N4O6S2/c1-2-25-17(23)15(16(22)10-6-4-3-5-7-10)19-18-14-12(28-27-26-24)9-8-11-13(14)21-29-20-11/h1,3-9,15,24H. The van der Waals surface area contributed by atoms with Crippen molar-refractivity contribution >= 4 is 52.2 Å². The van der Waals surface area contributed by atoms with E-state index in [1.54, 1.807) is 36.4 Å². The third kappa shape index (κ3) is 4.80. The molecule has 0 saturated carbocycles. The lowest BCUT2D eigenvalue weighted by atomic mass is 10.1. The minimum absolute atomic E-state index is 0.151. The van der Waals surface area contributed by atoms with Gasteiger partial charge < -0.3 is 4.74 Å². The van der Waals surface area contributed by atoms with Crippen molar-refractivity contribution in [2.24, 2.45) is 10.2 Å². The Morgan fingerprint density at radius 1 is 1.21 bits per heavy atom. The number of Topliss-reactive ketones (excluding diaryl/α,β-unsaturated/α-hetero) is 1. The summed E-state index contributed by atoms with van der Waals surface area (Å²) in [6, 6.07) is 9.60. The largest absolute Gasteiger partial charge is 0.370 e. The first-order valence-electron chi connectivity index (χ1n) is 7.72. The van der Waals surface area contributed by atoms with Crippen LogP contribution in [0.15, 0.2) is 57.6 Å². The van der Waals surface area contributed by atoms with E-state index in [0.717, 1.165) is 11.7 Å². The molecule has 2 aromatic carbocycles. The maximum Gasteiger partial charge on any atom is 0.354 e. The van der Waals surface area contributed by atoms with Gasteiger partial charge in [-0.15, -0.1) is 4.33 Å². The molecule has 10 nitrogen and oxygen atoms in total. The Hall–Kier alpha value is -3.21. The van der Waals surface area contributed by atoms with E-state index >= 15 is 0 Å². The molecule has 29 heavy (non-hydrogen) atoms. The van der Waals surface area contributed by atoms with Crippen LogP contribution in [-0.2, 0) is 18.9 Å². The molecule has 1 heterocycles. The average molecular weight is 430 g/mol. The Kier molecular flexibility index (Phi) is 6.95. The van der Waals surface area contributed by atoms with E-state index < -0.39 is 17.8 Å². The molecule has 0 saturated heterocycles. The second-order valence-electron chi connectivity index (χ2n) is 5.16. The molecule has 3 rings (SSSR count). The number of fused-ring (bicyclic) bond motifs is 1. The number of ether oxygens (including phenoxy) is 1. The number of benzene rings is 2. The zero-order valence-electron chi connectivity index (χ0n) is 14.3. The highest BCUT2D eigenvalue weighted by Crippen LogP contribution is 2.36. The van der Waals surface area contributed by atoms with Gasteiger partial charge in [0.05, 0.1) is 28.7 Å². The monoisotopic (exact) mass is 430 g/mol. The van der Waals surface area contributed by atoms with Crippen molar-refractivity contribution in [2.45, 2.75) is 10.9 Å². The lowest BCUT2D eigenvalue weighted by Crippen LogP contribution is -2.29. The van der Waals surface area contributed by atoms with Crippen molar-refractivity contribution in [1.29, 1.82) is 0 Å². The first-order valence-corrected chi connectivity index (χ1v) is 9.19. The number of carbonyl (C=O) groups excluding carboxylic acids is 2. The number of aromatic nitrogens is 2. The van der Waals surface area contributed by atoms with E-state index in [4.69, 9.17) is 11.7 Å². The van der Waals surface area contributed by atoms with Gasteiger partial charge in [0.25, 0.3) is 0 Å². The molecule has 0 spiro atoms. The molecule has 1 unspecified atom stereocenters. The number of ketones is 1. The number of hydrogen-bond donors (Lipinski definition) is 1. The molecular formula is C17H10N4O6S2. The van der Waals surface area contributed by atoms with Gasteiger partial charge in [0, 0.05) is 5.56 Å². The average Bonchev–Trinajstić information content (AvgIpc) is 3.22. The molecule has 3 aromatic rings. The van der Waals surface area contributed by atoms with Crippen LogP contribution in [-0.4, -0.2) is 31.8 Å². The van der Waals surface area contributed by atoms with Gasteiger partial charge in [0.15, 0.2) is 0 Å². The fourth-order valence-electron chi connectivity index (χ4n) is 2.23. The molecule has 0 aliphatic heterocycles. The fourth-order valence-corrected chi connectivity index (χ4v) is 3.21. The molecule has 1 aromatic heterocycles. The summed E-state index contributed by atoms with van der Waals surface area (Å²) in [5.74, 6) is -1.71. The Labute approximate surface area is 171 Å². The molecule has 1 N–H and O–H groups in total. The summed E-state index contributed by atoms with van der Waals surface area (Å²) in [4.78, 5) is 25.3.